The first-order chi connectivity index (χ1) is 17.3. The minimum absolute atomic E-state index is 0.0957. The summed E-state index contributed by atoms with van der Waals surface area (Å²) in [7, 11) is 0. The van der Waals surface area contributed by atoms with E-state index in [9.17, 15) is 29.7 Å². The molecule has 5 aliphatic rings. The topological polar surface area (TPSA) is 156 Å². The van der Waals surface area contributed by atoms with Gasteiger partial charge in [-0.1, -0.05) is 20.8 Å². The Bertz CT molecular complexity index is 879. The zero-order valence-electron chi connectivity index (χ0n) is 22.4. The standard InChI is InChI=1S/C24H40O5.C4H5NO3/c1-13(4-7-21(28)29)16-5-6-17-22-18(12-20(27)24(16,17)3)23(2)9-8-15(25)10-14(23)11-19(22)26;6-3-1-2-4(7)5(3)8/h13-20,22,25-27H,4-12H2,1-3H3,(H,28,29);8H,1-2H2/t13-,14+,15-,16-,17+,18+,19-,20+,22+,23+,24-;/m1./s1. The first kappa shape index (κ1) is 28.5. The number of amides is 2. The second-order valence-corrected chi connectivity index (χ2v) is 13.0. The molecule has 210 valence electrons. The number of carboxylic acids is 1. The molecule has 5 rings (SSSR count). The minimum atomic E-state index is -0.748. The van der Waals surface area contributed by atoms with Crippen molar-refractivity contribution < 1.29 is 40.0 Å². The first-order valence-electron chi connectivity index (χ1n) is 14.1. The molecule has 0 spiro atoms. The van der Waals surface area contributed by atoms with E-state index in [1.165, 1.54) is 0 Å². The van der Waals surface area contributed by atoms with Crippen molar-refractivity contribution in [3.8, 4) is 0 Å². The summed E-state index contributed by atoms with van der Waals surface area (Å²) in [6.07, 6.45) is 6.29. The van der Waals surface area contributed by atoms with Gasteiger partial charge in [0.15, 0.2) is 0 Å². The van der Waals surface area contributed by atoms with Crippen LogP contribution in [0.15, 0.2) is 0 Å². The number of aliphatic hydroxyl groups excluding tert-OH is 3. The highest BCUT2D eigenvalue weighted by Gasteiger charge is 2.65. The number of aliphatic carboxylic acids is 1. The third-order valence-electron chi connectivity index (χ3n) is 11.4. The predicted octanol–water partition coefficient (Wildman–Crippen LogP) is 2.97. The molecule has 4 aliphatic carbocycles. The Morgan fingerprint density at radius 1 is 1.00 bits per heavy atom. The fourth-order valence-electron chi connectivity index (χ4n) is 9.25. The van der Waals surface area contributed by atoms with Gasteiger partial charge in [-0.2, -0.15) is 5.06 Å². The Balaban J connectivity index is 0.000000342. The number of hydrogen-bond donors (Lipinski definition) is 5. The summed E-state index contributed by atoms with van der Waals surface area (Å²) in [5.74, 6) is -0.0118. The number of carboxylic acid groups (broad SMARTS) is 1. The third kappa shape index (κ3) is 4.97. The molecule has 9 nitrogen and oxygen atoms in total. The van der Waals surface area contributed by atoms with Crippen LogP contribution in [0.4, 0.5) is 0 Å². The van der Waals surface area contributed by atoms with Crippen molar-refractivity contribution in [1.29, 1.82) is 0 Å². The van der Waals surface area contributed by atoms with E-state index >= 15 is 0 Å². The smallest absolute Gasteiger partial charge is 0.303 e. The molecule has 0 aromatic heterocycles. The van der Waals surface area contributed by atoms with E-state index in [1.54, 1.807) is 0 Å². The number of rotatable bonds is 4. The number of imide groups is 1. The van der Waals surface area contributed by atoms with E-state index < -0.39 is 23.9 Å². The van der Waals surface area contributed by atoms with Crippen LogP contribution in [-0.2, 0) is 14.4 Å². The van der Waals surface area contributed by atoms with Crippen LogP contribution in [0.1, 0.15) is 91.4 Å². The second kappa shape index (κ2) is 10.5. The molecule has 0 radical (unpaired) electrons. The first-order valence-corrected chi connectivity index (χ1v) is 14.1. The van der Waals surface area contributed by atoms with Crippen molar-refractivity contribution in [2.75, 3.05) is 0 Å². The van der Waals surface area contributed by atoms with Gasteiger partial charge < -0.3 is 20.4 Å². The Labute approximate surface area is 219 Å². The summed E-state index contributed by atoms with van der Waals surface area (Å²) < 4.78 is 0. The zero-order valence-corrected chi connectivity index (χ0v) is 22.4. The van der Waals surface area contributed by atoms with Crippen molar-refractivity contribution in [1.82, 2.24) is 5.06 Å². The molecular formula is C28H45NO8. The zero-order chi connectivity index (χ0) is 27.3. The molecule has 37 heavy (non-hydrogen) atoms. The number of fused-ring (bicyclic) bond motifs is 5. The molecule has 0 unspecified atom stereocenters. The van der Waals surface area contributed by atoms with Gasteiger partial charge >= 0.3 is 5.97 Å². The molecular weight excluding hydrogens is 478 g/mol. The number of carbonyl (C=O) groups is 3. The average molecular weight is 524 g/mol. The summed E-state index contributed by atoms with van der Waals surface area (Å²) in [6, 6.07) is 0. The van der Waals surface area contributed by atoms with Crippen molar-refractivity contribution in [2.24, 2.45) is 46.3 Å². The number of hydroxylamine groups is 2. The summed E-state index contributed by atoms with van der Waals surface area (Å²) in [6.45, 7) is 6.72. The van der Waals surface area contributed by atoms with E-state index in [1.807, 2.05) is 0 Å². The van der Waals surface area contributed by atoms with Crippen molar-refractivity contribution >= 4 is 17.8 Å². The van der Waals surface area contributed by atoms with Gasteiger partial charge in [-0.05, 0) is 97.7 Å². The van der Waals surface area contributed by atoms with Gasteiger partial charge in [-0.15, -0.1) is 0 Å². The van der Waals surface area contributed by atoms with Crippen molar-refractivity contribution in [3.63, 3.8) is 0 Å². The fraction of sp³-hybridized carbons (Fsp3) is 0.893. The van der Waals surface area contributed by atoms with E-state index in [2.05, 4.69) is 20.8 Å². The molecule has 5 N–H and O–H groups in total. The normalized spacial score (nSPS) is 45.9. The Morgan fingerprint density at radius 3 is 2.22 bits per heavy atom. The highest BCUT2D eigenvalue weighted by Crippen LogP contribution is 2.68. The van der Waals surface area contributed by atoms with Crippen LogP contribution < -0.4 is 0 Å². The molecule has 4 saturated carbocycles. The highest BCUT2D eigenvalue weighted by molar-refractivity contribution is 6.00. The lowest BCUT2D eigenvalue weighted by atomic mass is 9.43. The molecule has 9 heteroatoms. The summed E-state index contributed by atoms with van der Waals surface area (Å²) in [5, 5.41) is 50.6. The number of hydrogen-bond acceptors (Lipinski definition) is 7. The van der Waals surface area contributed by atoms with Crippen LogP contribution in [0.25, 0.3) is 0 Å². The van der Waals surface area contributed by atoms with Crippen molar-refractivity contribution in [2.45, 2.75) is 110 Å². The number of aliphatic hydroxyl groups is 3. The molecule has 2 amide bonds. The van der Waals surface area contributed by atoms with Gasteiger partial charge in [-0.3, -0.25) is 19.6 Å². The maximum atomic E-state index is 11.5. The summed E-state index contributed by atoms with van der Waals surface area (Å²) in [4.78, 5) is 31.5. The molecule has 0 bridgehead atoms. The van der Waals surface area contributed by atoms with E-state index in [0.717, 1.165) is 44.9 Å². The van der Waals surface area contributed by atoms with Crippen LogP contribution in [0.3, 0.4) is 0 Å². The maximum Gasteiger partial charge on any atom is 0.303 e. The van der Waals surface area contributed by atoms with Crippen molar-refractivity contribution in [3.05, 3.63) is 0 Å². The van der Waals surface area contributed by atoms with Crippen LogP contribution >= 0.6 is 0 Å². The van der Waals surface area contributed by atoms with Gasteiger partial charge in [0.2, 0.25) is 0 Å². The maximum absolute atomic E-state index is 11.5. The van der Waals surface area contributed by atoms with Crippen LogP contribution in [0.2, 0.25) is 0 Å². The van der Waals surface area contributed by atoms with Gasteiger partial charge in [0.25, 0.3) is 11.8 Å². The second-order valence-electron chi connectivity index (χ2n) is 13.0. The molecule has 1 aliphatic heterocycles. The Kier molecular flexibility index (Phi) is 8.11. The fourth-order valence-corrected chi connectivity index (χ4v) is 9.25. The predicted molar refractivity (Wildman–Crippen MR) is 133 cm³/mol. The number of nitrogens with zero attached hydrogens (tertiary/aromatic N) is 1. The van der Waals surface area contributed by atoms with Gasteiger partial charge in [-0.25, -0.2) is 0 Å². The Hall–Kier alpha value is -1.55. The summed E-state index contributed by atoms with van der Waals surface area (Å²) >= 11 is 0. The lowest BCUT2D eigenvalue weighted by Gasteiger charge is -2.63. The lowest BCUT2D eigenvalue weighted by Crippen LogP contribution is -2.62. The van der Waals surface area contributed by atoms with E-state index in [-0.39, 0.29) is 59.2 Å². The molecule has 0 aromatic carbocycles. The van der Waals surface area contributed by atoms with E-state index in [4.69, 9.17) is 10.3 Å². The van der Waals surface area contributed by atoms with E-state index in [0.29, 0.717) is 30.1 Å². The van der Waals surface area contributed by atoms with Crippen LogP contribution in [0, 0.1) is 46.3 Å². The highest BCUT2D eigenvalue weighted by atomic mass is 16.5. The summed E-state index contributed by atoms with van der Waals surface area (Å²) in [5.41, 5.74) is -0.143. The monoisotopic (exact) mass is 523 g/mol. The van der Waals surface area contributed by atoms with Crippen LogP contribution in [-0.4, -0.2) is 66.8 Å². The van der Waals surface area contributed by atoms with Gasteiger partial charge in [0.05, 0.1) is 18.3 Å². The molecule has 0 aromatic rings. The lowest BCUT2D eigenvalue weighted by molar-refractivity contribution is -0.207. The largest absolute Gasteiger partial charge is 0.481 e. The average Bonchev–Trinajstić information content (AvgIpc) is 3.34. The minimum Gasteiger partial charge on any atom is -0.481 e. The SMILES string of the molecule is C[C@H](CCC(=O)O)[C@H]1CC[C@H]2[C@@H]3[C@H](O)C[C@@H]4C[C@H](O)CC[C@]4(C)[C@H]3C[C@H](O)[C@]12C.O=C1CCC(=O)N1O. The number of carbonyl (C=O) groups excluding carboxylic acids is 2. The Morgan fingerprint density at radius 2 is 1.65 bits per heavy atom. The third-order valence-corrected chi connectivity index (χ3v) is 11.4. The molecule has 1 heterocycles. The quantitative estimate of drug-likeness (QED) is 0.278. The molecule has 5 fully saturated rings. The molecule has 11 atom stereocenters. The molecule has 1 saturated heterocycles. The van der Waals surface area contributed by atoms with Gasteiger partial charge in [0.1, 0.15) is 0 Å². The van der Waals surface area contributed by atoms with Crippen LogP contribution in [0.5, 0.6) is 0 Å². The van der Waals surface area contributed by atoms with Gasteiger partial charge in [0, 0.05) is 19.3 Å².